The van der Waals surface area contributed by atoms with Crippen molar-refractivity contribution >= 4 is 192 Å². The quantitative estimate of drug-likeness (QED) is 0.104. The molecule has 25 heteroatoms. The van der Waals surface area contributed by atoms with E-state index in [4.69, 9.17) is 31.0 Å². The minimum absolute atomic E-state index is 0. The number of H-pyrrole nitrogens is 1. The number of fused-ring (bicyclic) bond motifs is 24. The fourth-order valence-electron chi connectivity index (χ4n) is 14.6. The molecule has 0 aliphatic rings. The molecule has 0 saturated heterocycles. The normalized spacial score (nSPS) is 11.0. The van der Waals surface area contributed by atoms with Crippen LogP contribution in [-0.4, -0.2) is 100 Å². The lowest BCUT2D eigenvalue weighted by atomic mass is 10.1. The van der Waals surface area contributed by atoms with Gasteiger partial charge in [0.2, 0.25) is 0 Å². The average molecular weight is 1780 g/mol. The molecule has 0 aliphatic heterocycles. The molecular formula is C94H68Br3ClN16O5. The third-order valence-electron chi connectivity index (χ3n) is 19.6. The number of imidazole rings is 4. The van der Waals surface area contributed by atoms with Crippen molar-refractivity contribution < 1.29 is 24.5 Å². The minimum Gasteiger partial charge on any atom is -0.508 e. The smallest absolute Gasteiger partial charge is 0.300 e. The topological polar surface area (TPSA) is 244 Å². The number of carboxylic acid groups (broad SMARTS) is 1. The summed E-state index contributed by atoms with van der Waals surface area (Å²) in [5.41, 5.74) is 12.2. The third-order valence-corrected chi connectivity index (χ3v) is 21.2. The Bertz CT molecular complexity index is 7610. The van der Waals surface area contributed by atoms with E-state index in [1.165, 1.54) is 32.8 Å². The number of benzene rings is 8. The maximum atomic E-state index is 9.65. The molecule has 582 valence electrons. The first kappa shape index (κ1) is 78.6. The second kappa shape index (κ2) is 35.0. The molecule has 0 unspecified atom stereocenters. The number of aryl methyl sites for hydroxylation is 1. The summed E-state index contributed by atoms with van der Waals surface area (Å²) >= 11 is 12.3. The summed E-state index contributed by atoms with van der Waals surface area (Å²) < 4.78 is 23.9. The van der Waals surface area contributed by atoms with Crippen molar-refractivity contribution in [1.82, 2.24) is 77.2 Å². The number of nitrogens with one attached hydrogen (secondary N) is 1. The van der Waals surface area contributed by atoms with Gasteiger partial charge in [0, 0.05) is 164 Å². The molecule has 23 rings (SSSR count). The Labute approximate surface area is 710 Å². The summed E-state index contributed by atoms with van der Waals surface area (Å²) in [4.78, 5) is 56.1. The van der Waals surface area contributed by atoms with Gasteiger partial charge in [0.05, 0.1) is 34.2 Å². The number of aliphatic carboxylic acids is 1. The number of methoxy groups -OCH3 is 1. The Morgan fingerprint density at radius 2 is 0.807 bits per heavy atom. The number of halogens is 4. The molecule has 3 N–H and O–H groups in total. The molecule has 0 atom stereocenters. The van der Waals surface area contributed by atoms with Crippen molar-refractivity contribution in [2.75, 3.05) is 7.11 Å². The fourth-order valence-corrected chi connectivity index (χ4v) is 15.3. The van der Waals surface area contributed by atoms with Crippen molar-refractivity contribution in [3.8, 4) is 46.0 Å². The SMILES string of the molecule is Br.Brc1ccc2c3ccccc3n(-c3ccccn3)c2c1.CC(=O)O.COc1ccc2c3cccnc3n3ccnc3c2c1.Cc1cccc(-c2ncc[nH]2)c1.Clc1cccnc1Br.Oc1ccc2c3cccnc3n3ccnc3c2c1.c1ccc(-n2c3ccccc3c3ccc(Oc4ccc5c6cccnc6n6ccnc6c5c4)cc32)nc1. The molecule has 0 amide bonds. The van der Waals surface area contributed by atoms with Crippen molar-refractivity contribution in [2.24, 2.45) is 0 Å². The molecule has 0 bridgehead atoms. The predicted octanol–water partition coefficient (Wildman–Crippen LogP) is 23.6. The number of aromatic hydroxyl groups is 1. The van der Waals surface area contributed by atoms with E-state index in [0.29, 0.717) is 9.63 Å². The van der Waals surface area contributed by atoms with Crippen molar-refractivity contribution in [2.45, 2.75) is 13.8 Å². The van der Waals surface area contributed by atoms with Crippen molar-refractivity contribution in [1.29, 1.82) is 0 Å². The van der Waals surface area contributed by atoms with E-state index in [0.717, 1.165) is 150 Å². The Kier molecular flexibility index (Phi) is 23.1. The number of carboxylic acids is 1. The molecule has 15 heterocycles. The summed E-state index contributed by atoms with van der Waals surface area (Å²) in [6.07, 6.45) is 25.4. The summed E-state index contributed by atoms with van der Waals surface area (Å²) in [7, 11) is 1.67. The molecule has 8 aromatic carbocycles. The van der Waals surface area contributed by atoms with Gasteiger partial charge in [-0.25, -0.2) is 49.8 Å². The van der Waals surface area contributed by atoms with Gasteiger partial charge in [0.25, 0.3) is 5.97 Å². The number of aromatic amines is 1. The lowest BCUT2D eigenvalue weighted by molar-refractivity contribution is -0.134. The van der Waals surface area contributed by atoms with Gasteiger partial charge in [-0.3, -0.25) is 27.1 Å². The van der Waals surface area contributed by atoms with Crippen LogP contribution in [0.5, 0.6) is 23.0 Å². The van der Waals surface area contributed by atoms with Crippen LogP contribution in [0, 0.1) is 6.92 Å². The predicted molar refractivity (Wildman–Crippen MR) is 486 cm³/mol. The van der Waals surface area contributed by atoms with Crippen LogP contribution in [0.3, 0.4) is 0 Å². The molecule has 0 spiro atoms. The van der Waals surface area contributed by atoms with Gasteiger partial charge >= 0.3 is 0 Å². The fraction of sp³-hybridized carbons (Fsp3) is 0.0319. The first-order valence-electron chi connectivity index (χ1n) is 37.2. The number of carbonyl (C=O) groups is 1. The third kappa shape index (κ3) is 16.2. The molecule has 0 saturated carbocycles. The number of hydrogen-bond donors (Lipinski definition) is 3. The van der Waals surface area contributed by atoms with Crippen LogP contribution in [0.1, 0.15) is 12.5 Å². The second-order valence-electron chi connectivity index (χ2n) is 27.0. The summed E-state index contributed by atoms with van der Waals surface area (Å²) in [5, 5.41) is 32.1. The molecule has 0 aliphatic carbocycles. The van der Waals surface area contributed by atoms with E-state index >= 15 is 0 Å². The van der Waals surface area contributed by atoms with E-state index in [1.54, 1.807) is 74.8 Å². The van der Waals surface area contributed by atoms with E-state index in [2.05, 4.69) is 224 Å². The Hall–Kier alpha value is -14.3. The van der Waals surface area contributed by atoms with Crippen LogP contribution >= 0.6 is 60.4 Å². The molecular weight excluding hydrogens is 1710 g/mol. The highest BCUT2D eigenvalue weighted by atomic mass is 79.9. The second-order valence-corrected chi connectivity index (χ2v) is 29.0. The van der Waals surface area contributed by atoms with Gasteiger partial charge in [0.15, 0.2) is 0 Å². The van der Waals surface area contributed by atoms with Gasteiger partial charge in [-0.2, -0.15) is 0 Å². The van der Waals surface area contributed by atoms with Crippen LogP contribution in [0.4, 0.5) is 0 Å². The molecule has 23 aromatic rings. The van der Waals surface area contributed by atoms with Crippen LogP contribution < -0.4 is 9.47 Å². The molecule has 119 heavy (non-hydrogen) atoms. The van der Waals surface area contributed by atoms with Crippen LogP contribution in [0.15, 0.2) is 345 Å². The maximum Gasteiger partial charge on any atom is 0.300 e. The first-order valence-corrected chi connectivity index (χ1v) is 39.2. The number of ether oxygens (including phenoxy) is 2. The van der Waals surface area contributed by atoms with Crippen molar-refractivity contribution in [3.05, 3.63) is 355 Å². The zero-order valence-electron chi connectivity index (χ0n) is 63.6. The molecule has 21 nitrogen and oxygen atoms in total. The van der Waals surface area contributed by atoms with Gasteiger partial charge < -0.3 is 24.7 Å². The monoisotopic (exact) mass is 1770 g/mol. The largest absolute Gasteiger partial charge is 0.508 e. The number of pyridine rings is 9. The number of rotatable bonds is 6. The lowest BCUT2D eigenvalue weighted by Gasteiger charge is -2.11. The van der Waals surface area contributed by atoms with E-state index in [-0.39, 0.29) is 22.7 Å². The number of phenolic OH excluding ortho intramolecular Hbond substituents is 1. The number of phenols is 1. The van der Waals surface area contributed by atoms with Gasteiger partial charge in [0.1, 0.15) is 78.9 Å². The Balaban J connectivity index is 0.000000112. The maximum absolute atomic E-state index is 9.65. The highest BCUT2D eigenvalue weighted by molar-refractivity contribution is 9.10. The lowest BCUT2D eigenvalue weighted by Crippen LogP contribution is -1.96. The summed E-state index contributed by atoms with van der Waals surface area (Å²) in [5.74, 6) is 4.50. The van der Waals surface area contributed by atoms with Gasteiger partial charge in [-0.1, -0.05) is 106 Å². The zero-order chi connectivity index (χ0) is 80.8. The molecule has 0 radical (unpaired) electrons. The molecule has 0 fully saturated rings. The van der Waals surface area contributed by atoms with Crippen molar-refractivity contribution in [3.63, 3.8) is 0 Å². The summed E-state index contributed by atoms with van der Waals surface area (Å²) in [6.45, 7) is 3.16. The number of hydrogen-bond acceptors (Lipinski definition) is 14. The highest BCUT2D eigenvalue weighted by Gasteiger charge is 2.19. The number of nitrogens with zero attached hydrogens (tertiary/aromatic N) is 15. The summed E-state index contributed by atoms with van der Waals surface area (Å²) in [6, 6.07) is 82.8. The zero-order valence-corrected chi connectivity index (χ0v) is 69.3. The average Bonchev–Trinajstić information content (AvgIpc) is 1.19. The van der Waals surface area contributed by atoms with Crippen LogP contribution in [-0.2, 0) is 4.79 Å². The van der Waals surface area contributed by atoms with E-state index < -0.39 is 5.97 Å². The van der Waals surface area contributed by atoms with Gasteiger partial charge in [-0.15, -0.1) is 17.0 Å². The minimum atomic E-state index is -0.833. The van der Waals surface area contributed by atoms with E-state index in [1.807, 2.05) is 160 Å². The number of para-hydroxylation sites is 2. The van der Waals surface area contributed by atoms with E-state index in [9.17, 15) is 5.11 Å². The molecule has 15 aromatic heterocycles. The van der Waals surface area contributed by atoms with Crippen LogP contribution in [0.25, 0.3) is 149 Å². The van der Waals surface area contributed by atoms with Crippen LogP contribution in [0.2, 0.25) is 5.02 Å². The Morgan fingerprint density at radius 3 is 1.29 bits per heavy atom. The highest BCUT2D eigenvalue weighted by Crippen LogP contribution is 2.39. The Morgan fingerprint density at radius 1 is 0.387 bits per heavy atom. The first-order chi connectivity index (χ1) is 57.8. The standard InChI is InChI=1S/C31H19N5O.C17H11BrN2.C15H11N3O.C14H9N3O.C10H10N2.C5H3BrClN.C2H4O2.BrH/c1-2-8-27-23(6-1)24-13-11-21(19-28(24)36(27)29-9-3-4-14-32-29)37-20-10-12-22-25-7-5-15-33-30(25)35-17-16-34-31(35)26(22)18-20;18-12-8-9-14-13-5-1-2-6-15(13)20(16(14)11-12)17-7-3-4-10-19-17;1-19-10-4-5-11-12-3-2-6-16-14(12)18-8-7-17-15(18)13(11)9-10;18-9-3-4-10-11-2-1-5-15-13(11)17-7-6-16-14(17)12(10)8-9;1-8-3-2-4-9(7-8)10-11-5-6-12-10;6-5-4(7)2-1-3-8-5;1-2(3)4;/h1-19H;1-11H;2-9H,1H3;1-8,18H;2-7H,1H3,(H,11,12);1-3H;1H3,(H,3,4);1H. The van der Waals surface area contributed by atoms with Gasteiger partial charge in [-0.05, 0) is 209 Å². The number of aromatic nitrogens is 16.